The molecule has 0 atom stereocenters. The molecule has 3 aromatic heterocycles. The van der Waals surface area contributed by atoms with Crippen LogP contribution in [0.3, 0.4) is 0 Å². The average Bonchev–Trinajstić information content (AvgIpc) is 3.38. The molecule has 1 aromatic carbocycles. The van der Waals surface area contributed by atoms with Crippen molar-refractivity contribution in [1.29, 1.82) is 0 Å². The molecule has 0 saturated carbocycles. The van der Waals surface area contributed by atoms with E-state index in [2.05, 4.69) is 25.8 Å². The standard InChI is InChI=1S/C20H17N5O4S/c1-11(26)21-9-12-6-7-17(29-12)16-10-30-20(22-16)23-18(27)8-15-13-4-2-3-5-14(13)19(28)25-24-15/h2-7,10H,8-9H2,1H3,(H,21,26)(H,25,28)(H,22,23,27). The Bertz CT molecular complexity index is 1290. The first kappa shape index (κ1) is 19.5. The molecular weight excluding hydrogens is 406 g/mol. The van der Waals surface area contributed by atoms with Crippen molar-refractivity contribution in [2.24, 2.45) is 0 Å². The van der Waals surface area contributed by atoms with E-state index in [1.807, 2.05) is 0 Å². The molecule has 30 heavy (non-hydrogen) atoms. The summed E-state index contributed by atoms with van der Waals surface area (Å²) in [6.07, 6.45) is -0.00613. The number of thiazole rings is 1. The van der Waals surface area contributed by atoms with Crippen LogP contribution in [0.4, 0.5) is 5.13 Å². The normalized spacial score (nSPS) is 10.8. The summed E-state index contributed by atoms with van der Waals surface area (Å²) >= 11 is 1.27. The summed E-state index contributed by atoms with van der Waals surface area (Å²) in [6, 6.07) is 10.5. The van der Waals surface area contributed by atoms with Crippen molar-refractivity contribution in [1.82, 2.24) is 20.5 Å². The summed E-state index contributed by atoms with van der Waals surface area (Å²) in [5.74, 6) is 0.706. The number of aromatic amines is 1. The molecule has 4 aromatic rings. The van der Waals surface area contributed by atoms with E-state index < -0.39 is 0 Å². The molecule has 0 aliphatic rings. The van der Waals surface area contributed by atoms with Crippen LogP contribution in [0.1, 0.15) is 18.4 Å². The molecule has 0 aliphatic heterocycles. The molecule has 0 unspecified atom stereocenters. The molecule has 9 nitrogen and oxygen atoms in total. The van der Waals surface area contributed by atoms with Gasteiger partial charge in [0.1, 0.15) is 11.5 Å². The highest BCUT2D eigenvalue weighted by molar-refractivity contribution is 7.14. The van der Waals surface area contributed by atoms with Crippen LogP contribution in [-0.2, 0) is 22.6 Å². The summed E-state index contributed by atoms with van der Waals surface area (Å²) in [6.45, 7) is 1.73. The van der Waals surface area contributed by atoms with Crippen molar-refractivity contribution >= 4 is 39.1 Å². The Morgan fingerprint density at radius 2 is 1.97 bits per heavy atom. The van der Waals surface area contributed by atoms with Gasteiger partial charge in [-0.25, -0.2) is 10.1 Å². The third kappa shape index (κ3) is 4.28. The topological polar surface area (TPSA) is 130 Å². The van der Waals surface area contributed by atoms with Gasteiger partial charge in [0.05, 0.1) is 24.0 Å². The van der Waals surface area contributed by atoms with Gasteiger partial charge in [0.15, 0.2) is 10.9 Å². The number of anilines is 1. The first-order chi connectivity index (χ1) is 14.5. The van der Waals surface area contributed by atoms with E-state index in [0.717, 1.165) is 0 Å². The van der Waals surface area contributed by atoms with Crippen LogP contribution < -0.4 is 16.2 Å². The maximum Gasteiger partial charge on any atom is 0.272 e. The van der Waals surface area contributed by atoms with Gasteiger partial charge in [-0.2, -0.15) is 5.10 Å². The third-order valence-electron chi connectivity index (χ3n) is 4.28. The fourth-order valence-corrected chi connectivity index (χ4v) is 3.60. The molecule has 0 saturated heterocycles. The van der Waals surface area contributed by atoms with Crippen LogP contribution in [0.2, 0.25) is 0 Å². The number of furan rings is 1. The number of carbonyl (C=O) groups is 2. The largest absolute Gasteiger partial charge is 0.458 e. The van der Waals surface area contributed by atoms with Crippen LogP contribution >= 0.6 is 11.3 Å². The molecule has 0 bridgehead atoms. The van der Waals surface area contributed by atoms with E-state index in [0.29, 0.717) is 45.4 Å². The molecule has 2 amide bonds. The lowest BCUT2D eigenvalue weighted by molar-refractivity contribution is -0.119. The quantitative estimate of drug-likeness (QED) is 0.437. The average molecular weight is 423 g/mol. The predicted octanol–water partition coefficient (Wildman–Crippen LogP) is 2.46. The van der Waals surface area contributed by atoms with Crippen molar-refractivity contribution in [3.63, 3.8) is 0 Å². The Morgan fingerprint density at radius 3 is 2.77 bits per heavy atom. The lowest BCUT2D eigenvalue weighted by Crippen LogP contribution is -2.18. The van der Waals surface area contributed by atoms with Gasteiger partial charge in [-0.1, -0.05) is 18.2 Å². The number of hydrogen-bond acceptors (Lipinski definition) is 7. The van der Waals surface area contributed by atoms with Crippen LogP contribution in [0, 0.1) is 0 Å². The second kappa shape index (κ2) is 8.29. The Balaban J connectivity index is 1.44. The molecule has 0 spiro atoms. The second-order valence-electron chi connectivity index (χ2n) is 6.48. The van der Waals surface area contributed by atoms with Gasteiger partial charge in [0.25, 0.3) is 5.56 Å². The van der Waals surface area contributed by atoms with Crippen LogP contribution in [0.25, 0.3) is 22.2 Å². The monoisotopic (exact) mass is 423 g/mol. The summed E-state index contributed by atoms with van der Waals surface area (Å²) in [7, 11) is 0. The zero-order valence-electron chi connectivity index (χ0n) is 15.9. The molecule has 4 rings (SSSR count). The van der Waals surface area contributed by atoms with Crippen LogP contribution in [0.15, 0.2) is 51.0 Å². The minimum Gasteiger partial charge on any atom is -0.458 e. The van der Waals surface area contributed by atoms with Gasteiger partial charge in [0.2, 0.25) is 11.8 Å². The molecular formula is C20H17N5O4S. The number of aromatic nitrogens is 3. The van der Waals surface area contributed by atoms with E-state index in [4.69, 9.17) is 4.42 Å². The Kier molecular flexibility index (Phi) is 5.40. The second-order valence-corrected chi connectivity index (χ2v) is 7.34. The number of fused-ring (bicyclic) bond motifs is 1. The Hall–Kier alpha value is -3.79. The zero-order valence-corrected chi connectivity index (χ0v) is 16.7. The van der Waals surface area contributed by atoms with E-state index in [1.54, 1.807) is 41.8 Å². The Labute approximate surface area is 174 Å². The highest BCUT2D eigenvalue weighted by atomic mass is 32.1. The first-order valence-corrected chi connectivity index (χ1v) is 9.93. The van der Waals surface area contributed by atoms with E-state index in [-0.39, 0.29) is 23.8 Å². The lowest BCUT2D eigenvalue weighted by Gasteiger charge is -2.04. The number of nitrogens with zero attached hydrogens (tertiary/aromatic N) is 2. The predicted molar refractivity (Wildman–Crippen MR) is 112 cm³/mol. The number of amides is 2. The molecule has 10 heteroatoms. The number of hydrogen-bond donors (Lipinski definition) is 3. The summed E-state index contributed by atoms with van der Waals surface area (Å²) in [5, 5.41) is 15.2. The van der Waals surface area contributed by atoms with Crippen molar-refractivity contribution in [3.05, 3.63) is 63.6 Å². The lowest BCUT2D eigenvalue weighted by atomic mass is 10.1. The van der Waals surface area contributed by atoms with Gasteiger partial charge >= 0.3 is 0 Å². The van der Waals surface area contributed by atoms with Crippen LogP contribution in [-0.4, -0.2) is 27.0 Å². The highest BCUT2D eigenvalue weighted by Crippen LogP contribution is 2.26. The van der Waals surface area contributed by atoms with Crippen LogP contribution in [0.5, 0.6) is 0 Å². The van der Waals surface area contributed by atoms with Crippen molar-refractivity contribution < 1.29 is 14.0 Å². The molecule has 3 heterocycles. The Morgan fingerprint density at radius 1 is 1.17 bits per heavy atom. The summed E-state index contributed by atoms with van der Waals surface area (Å²) in [5.41, 5.74) is 0.765. The minimum absolute atomic E-state index is 0.00613. The van der Waals surface area contributed by atoms with Gasteiger partial charge in [0, 0.05) is 17.7 Å². The fraction of sp³-hybridized carbons (Fsp3) is 0.150. The number of H-pyrrole nitrogens is 1. The van der Waals surface area contributed by atoms with E-state index >= 15 is 0 Å². The van der Waals surface area contributed by atoms with Gasteiger partial charge < -0.3 is 15.1 Å². The fourth-order valence-electron chi connectivity index (χ4n) is 2.89. The summed E-state index contributed by atoms with van der Waals surface area (Å²) < 4.78 is 5.67. The maximum absolute atomic E-state index is 12.5. The maximum atomic E-state index is 12.5. The SMILES string of the molecule is CC(=O)NCc1ccc(-c2csc(NC(=O)Cc3n[nH]c(=O)c4ccccc34)n2)o1. The number of carbonyl (C=O) groups excluding carboxylic acids is 2. The first-order valence-electron chi connectivity index (χ1n) is 9.05. The molecule has 0 fully saturated rings. The van der Waals surface area contributed by atoms with Crippen molar-refractivity contribution in [3.8, 4) is 11.5 Å². The zero-order chi connectivity index (χ0) is 21.1. The molecule has 0 aliphatic carbocycles. The number of benzene rings is 1. The van der Waals surface area contributed by atoms with E-state index in [1.165, 1.54) is 18.3 Å². The smallest absolute Gasteiger partial charge is 0.272 e. The summed E-state index contributed by atoms with van der Waals surface area (Å²) in [4.78, 5) is 39.7. The highest BCUT2D eigenvalue weighted by Gasteiger charge is 2.14. The number of rotatable bonds is 6. The minimum atomic E-state index is -0.300. The van der Waals surface area contributed by atoms with Crippen molar-refractivity contribution in [2.75, 3.05) is 5.32 Å². The third-order valence-corrected chi connectivity index (χ3v) is 5.04. The molecule has 152 valence electrons. The van der Waals surface area contributed by atoms with Crippen molar-refractivity contribution in [2.45, 2.75) is 19.9 Å². The molecule has 3 N–H and O–H groups in total. The molecule has 0 radical (unpaired) electrons. The van der Waals surface area contributed by atoms with Gasteiger partial charge in [-0.15, -0.1) is 11.3 Å². The van der Waals surface area contributed by atoms with Gasteiger partial charge in [-0.3, -0.25) is 14.4 Å². The van der Waals surface area contributed by atoms with Gasteiger partial charge in [-0.05, 0) is 18.2 Å². The van der Waals surface area contributed by atoms with E-state index in [9.17, 15) is 14.4 Å². The number of nitrogens with one attached hydrogen (secondary N) is 3.